The van der Waals surface area contributed by atoms with Crippen LogP contribution in [0, 0.1) is 0 Å². The summed E-state index contributed by atoms with van der Waals surface area (Å²) in [4.78, 5) is 26.8. The van der Waals surface area contributed by atoms with Crippen LogP contribution in [0.1, 0.15) is 78.5 Å². The van der Waals surface area contributed by atoms with E-state index < -0.39 is 0 Å². The van der Waals surface area contributed by atoms with Gasteiger partial charge in [0.05, 0.1) is 0 Å². The lowest BCUT2D eigenvalue weighted by molar-refractivity contribution is 0.0761. The van der Waals surface area contributed by atoms with Gasteiger partial charge in [-0.1, -0.05) is 24.5 Å². The molecule has 2 amide bonds. The maximum absolute atomic E-state index is 12.6. The second-order valence-corrected chi connectivity index (χ2v) is 7.40. The van der Waals surface area contributed by atoms with E-state index >= 15 is 0 Å². The summed E-state index contributed by atoms with van der Waals surface area (Å²) >= 11 is 0. The van der Waals surface area contributed by atoms with Gasteiger partial charge in [-0.25, -0.2) is 0 Å². The molecule has 0 saturated carbocycles. The summed E-state index contributed by atoms with van der Waals surface area (Å²) in [6.07, 6.45) is 12.8. The smallest absolute Gasteiger partial charge is 0.253 e. The zero-order valence-electron chi connectivity index (χ0n) is 15.6. The Balaban J connectivity index is 1.50. The molecule has 0 spiro atoms. The average molecular weight is 354 g/mol. The summed E-state index contributed by atoms with van der Waals surface area (Å²) in [7, 11) is 0. The summed E-state index contributed by atoms with van der Waals surface area (Å²) in [5, 5.41) is 2.99. The molecule has 1 aliphatic heterocycles. The highest BCUT2D eigenvalue weighted by Gasteiger charge is 2.17. The summed E-state index contributed by atoms with van der Waals surface area (Å²) in [6.45, 7) is 2.37. The molecule has 0 atom stereocenters. The summed E-state index contributed by atoms with van der Waals surface area (Å²) in [5.74, 6) is 0.0262. The minimum atomic E-state index is -0.0600. The number of allylic oxidation sites excluding steroid dienone is 1. The molecule has 0 radical (unpaired) electrons. The molecule has 0 bridgehead atoms. The fourth-order valence-electron chi connectivity index (χ4n) is 3.79. The van der Waals surface area contributed by atoms with Gasteiger partial charge in [-0.2, -0.15) is 0 Å². The number of carbonyl (C=O) groups excluding carboxylic acids is 2. The Bertz CT molecular complexity index is 641. The third-order valence-corrected chi connectivity index (χ3v) is 5.40. The van der Waals surface area contributed by atoms with Crippen LogP contribution in [0.3, 0.4) is 0 Å². The van der Waals surface area contributed by atoms with Gasteiger partial charge in [0.15, 0.2) is 0 Å². The molecule has 1 N–H and O–H groups in total. The highest BCUT2D eigenvalue weighted by atomic mass is 16.2. The number of nitrogens with one attached hydrogen (secondary N) is 1. The van der Waals surface area contributed by atoms with Crippen molar-refractivity contribution in [2.75, 3.05) is 19.6 Å². The Hall–Kier alpha value is -2.10. The topological polar surface area (TPSA) is 49.4 Å². The second kappa shape index (κ2) is 9.56. The van der Waals surface area contributed by atoms with Crippen molar-refractivity contribution in [1.29, 1.82) is 0 Å². The number of hydrogen-bond donors (Lipinski definition) is 1. The molecule has 4 heteroatoms. The van der Waals surface area contributed by atoms with Gasteiger partial charge in [-0.15, -0.1) is 0 Å². The first kappa shape index (κ1) is 18.7. The Labute approximate surface area is 156 Å². The van der Waals surface area contributed by atoms with Gasteiger partial charge in [0, 0.05) is 30.8 Å². The minimum Gasteiger partial charge on any atom is -0.352 e. The summed E-state index contributed by atoms with van der Waals surface area (Å²) in [6, 6.07) is 7.10. The summed E-state index contributed by atoms with van der Waals surface area (Å²) < 4.78 is 0. The number of hydrogen-bond acceptors (Lipinski definition) is 2. The van der Waals surface area contributed by atoms with Gasteiger partial charge in [-0.05, 0) is 69.2 Å². The SMILES string of the molecule is O=C(NCCC1=CCCCC1)c1ccc(C(=O)N2CCCCCC2)cc1. The van der Waals surface area contributed by atoms with Crippen LogP contribution in [0.5, 0.6) is 0 Å². The van der Waals surface area contributed by atoms with Crippen molar-refractivity contribution in [3.63, 3.8) is 0 Å². The fraction of sp³-hybridized carbons (Fsp3) is 0.545. The molecular weight excluding hydrogens is 324 g/mol. The molecular formula is C22H30N2O2. The van der Waals surface area contributed by atoms with Crippen molar-refractivity contribution in [3.05, 3.63) is 47.0 Å². The number of amides is 2. The lowest BCUT2D eigenvalue weighted by atomic mass is 9.97. The van der Waals surface area contributed by atoms with Crippen molar-refractivity contribution in [2.45, 2.75) is 57.8 Å². The van der Waals surface area contributed by atoms with Crippen LogP contribution in [0.2, 0.25) is 0 Å². The first-order valence-electron chi connectivity index (χ1n) is 10.1. The van der Waals surface area contributed by atoms with Crippen LogP contribution in [0.4, 0.5) is 0 Å². The quantitative estimate of drug-likeness (QED) is 0.801. The molecule has 3 rings (SSSR count). The Kier molecular flexibility index (Phi) is 6.87. The van der Waals surface area contributed by atoms with E-state index in [0.29, 0.717) is 17.7 Å². The predicted octanol–water partition coefficient (Wildman–Crippen LogP) is 4.32. The van der Waals surface area contributed by atoms with Crippen molar-refractivity contribution in [2.24, 2.45) is 0 Å². The van der Waals surface area contributed by atoms with Gasteiger partial charge in [0.2, 0.25) is 0 Å². The Morgan fingerprint density at radius 1 is 0.885 bits per heavy atom. The van der Waals surface area contributed by atoms with Gasteiger partial charge in [0.1, 0.15) is 0 Å². The highest BCUT2D eigenvalue weighted by molar-refractivity contribution is 5.97. The fourth-order valence-corrected chi connectivity index (χ4v) is 3.79. The predicted molar refractivity (Wildman–Crippen MR) is 104 cm³/mol. The van der Waals surface area contributed by atoms with Gasteiger partial charge in [-0.3, -0.25) is 9.59 Å². The molecule has 1 fully saturated rings. The van der Waals surface area contributed by atoms with E-state index in [1.54, 1.807) is 24.3 Å². The molecule has 1 aromatic rings. The Morgan fingerprint density at radius 2 is 1.58 bits per heavy atom. The van der Waals surface area contributed by atoms with E-state index in [1.807, 2.05) is 4.90 Å². The molecule has 1 heterocycles. The Morgan fingerprint density at radius 3 is 2.23 bits per heavy atom. The van der Waals surface area contributed by atoms with Gasteiger partial charge < -0.3 is 10.2 Å². The molecule has 26 heavy (non-hydrogen) atoms. The lowest BCUT2D eigenvalue weighted by Gasteiger charge is -2.20. The molecule has 4 nitrogen and oxygen atoms in total. The molecule has 2 aliphatic rings. The maximum atomic E-state index is 12.6. The zero-order chi connectivity index (χ0) is 18.2. The first-order chi connectivity index (χ1) is 12.7. The van der Waals surface area contributed by atoms with Crippen LogP contribution in [-0.2, 0) is 0 Å². The summed E-state index contributed by atoms with van der Waals surface area (Å²) in [5.41, 5.74) is 2.76. The largest absolute Gasteiger partial charge is 0.352 e. The van der Waals surface area contributed by atoms with Crippen molar-refractivity contribution < 1.29 is 9.59 Å². The third-order valence-electron chi connectivity index (χ3n) is 5.40. The lowest BCUT2D eigenvalue weighted by Crippen LogP contribution is -2.32. The van der Waals surface area contributed by atoms with Crippen LogP contribution in [-0.4, -0.2) is 36.3 Å². The van der Waals surface area contributed by atoms with E-state index in [0.717, 1.165) is 32.4 Å². The van der Waals surface area contributed by atoms with Crippen LogP contribution in [0.15, 0.2) is 35.9 Å². The van der Waals surface area contributed by atoms with E-state index in [4.69, 9.17) is 0 Å². The van der Waals surface area contributed by atoms with Gasteiger partial charge >= 0.3 is 0 Å². The molecule has 140 valence electrons. The van der Waals surface area contributed by atoms with E-state index in [-0.39, 0.29) is 11.8 Å². The minimum absolute atomic E-state index is 0.0600. The van der Waals surface area contributed by atoms with E-state index in [1.165, 1.54) is 44.1 Å². The molecule has 1 aliphatic carbocycles. The van der Waals surface area contributed by atoms with E-state index in [9.17, 15) is 9.59 Å². The van der Waals surface area contributed by atoms with Crippen molar-refractivity contribution >= 4 is 11.8 Å². The average Bonchev–Trinajstić information content (AvgIpc) is 2.98. The highest BCUT2D eigenvalue weighted by Crippen LogP contribution is 2.19. The first-order valence-corrected chi connectivity index (χ1v) is 10.1. The maximum Gasteiger partial charge on any atom is 0.253 e. The number of likely N-dealkylation sites (tertiary alicyclic amines) is 1. The van der Waals surface area contributed by atoms with Crippen molar-refractivity contribution in [3.8, 4) is 0 Å². The molecule has 0 aromatic heterocycles. The molecule has 0 unspecified atom stereocenters. The number of rotatable bonds is 5. The monoisotopic (exact) mass is 354 g/mol. The van der Waals surface area contributed by atoms with Crippen LogP contribution in [0.25, 0.3) is 0 Å². The number of nitrogens with zero attached hydrogens (tertiary/aromatic N) is 1. The third kappa shape index (κ3) is 5.20. The normalized spacial score (nSPS) is 18.0. The molecule has 1 aromatic carbocycles. The van der Waals surface area contributed by atoms with E-state index in [2.05, 4.69) is 11.4 Å². The van der Waals surface area contributed by atoms with Crippen molar-refractivity contribution in [1.82, 2.24) is 10.2 Å². The number of carbonyl (C=O) groups is 2. The molecule has 1 saturated heterocycles. The second-order valence-electron chi connectivity index (χ2n) is 7.40. The standard InChI is InChI=1S/C22H30N2O2/c25-21(23-15-14-18-8-4-3-5-9-18)19-10-12-20(13-11-19)22(26)24-16-6-1-2-7-17-24/h8,10-13H,1-7,9,14-17H2,(H,23,25). The van der Waals surface area contributed by atoms with Crippen LogP contribution < -0.4 is 5.32 Å². The van der Waals surface area contributed by atoms with Crippen LogP contribution >= 0.6 is 0 Å². The zero-order valence-corrected chi connectivity index (χ0v) is 15.6. The van der Waals surface area contributed by atoms with Gasteiger partial charge in [0.25, 0.3) is 11.8 Å². The number of benzene rings is 1.